The second-order valence-electron chi connectivity index (χ2n) is 4.02. The van der Waals surface area contributed by atoms with Gasteiger partial charge in [-0.15, -0.1) is 0 Å². The monoisotopic (exact) mass is 296 g/mol. The van der Waals surface area contributed by atoms with Crippen molar-refractivity contribution in [2.45, 2.75) is 4.90 Å². The Balaban J connectivity index is 2.31. The first-order valence-corrected chi connectivity index (χ1v) is 7.12. The average molecular weight is 296 g/mol. The first kappa shape index (κ1) is 14.1. The van der Waals surface area contributed by atoms with Gasteiger partial charge in [0.15, 0.2) is 0 Å². The van der Waals surface area contributed by atoms with E-state index in [0.717, 1.165) is 6.07 Å². The van der Waals surface area contributed by atoms with Crippen molar-refractivity contribution in [1.29, 1.82) is 0 Å². The summed E-state index contributed by atoms with van der Waals surface area (Å²) >= 11 is 0. The first-order valence-electron chi connectivity index (χ1n) is 5.64. The number of rotatable bonds is 4. The van der Waals surface area contributed by atoms with Crippen molar-refractivity contribution in [1.82, 2.24) is 0 Å². The lowest BCUT2D eigenvalue weighted by Gasteiger charge is -2.10. The molecule has 0 fully saturated rings. The Morgan fingerprint density at radius 3 is 2.55 bits per heavy atom. The van der Waals surface area contributed by atoms with Crippen molar-refractivity contribution >= 4 is 21.4 Å². The molecule has 0 heterocycles. The van der Waals surface area contributed by atoms with E-state index in [0.29, 0.717) is 11.4 Å². The fraction of sp³-hybridized carbons (Fsp3) is 0.0769. The summed E-state index contributed by atoms with van der Waals surface area (Å²) in [5, 5.41) is 0. The number of methoxy groups -OCH3 is 1. The molecule has 0 unspecified atom stereocenters. The molecular weight excluding hydrogens is 283 g/mol. The van der Waals surface area contributed by atoms with Gasteiger partial charge < -0.3 is 10.5 Å². The summed E-state index contributed by atoms with van der Waals surface area (Å²) in [6, 6.07) is 9.21. The summed E-state index contributed by atoms with van der Waals surface area (Å²) in [6.07, 6.45) is 0. The van der Waals surface area contributed by atoms with Crippen LogP contribution in [0.25, 0.3) is 0 Å². The molecule has 2 aromatic carbocycles. The van der Waals surface area contributed by atoms with E-state index in [9.17, 15) is 12.8 Å². The maximum Gasteiger partial charge on any atom is 0.261 e. The quantitative estimate of drug-likeness (QED) is 0.848. The second-order valence-corrected chi connectivity index (χ2v) is 5.70. The lowest BCUT2D eigenvalue weighted by atomic mass is 10.2. The molecule has 0 saturated carbocycles. The lowest BCUT2D eigenvalue weighted by molar-refractivity contribution is 0.417. The predicted molar refractivity (Wildman–Crippen MR) is 74.6 cm³/mol. The van der Waals surface area contributed by atoms with Crippen LogP contribution in [0.3, 0.4) is 0 Å². The molecule has 3 N–H and O–H groups in total. The minimum Gasteiger partial charge on any atom is -0.495 e. The highest BCUT2D eigenvalue weighted by Gasteiger charge is 2.15. The van der Waals surface area contributed by atoms with Crippen LogP contribution in [-0.4, -0.2) is 15.5 Å². The number of hydrogen-bond donors (Lipinski definition) is 2. The van der Waals surface area contributed by atoms with E-state index in [1.807, 2.05) is 0 Å². The molecule has 2 aromatic rings. The molecule has 0 atom stereocenters. The topological polar surface area (TPSA) is 81.4 Å². The maximum atomic E-state index is 13.1. The maximum absolute atomic E-state index is 13.1. The fourth-order valence-electron chi connectivity index (χ4n) is 1.65. The van der Waals surface area contributed by atoms with Crippen LogP contribution < -0.4 is 15.2 Å². The van der Waals surface area contributed by atoms with E-state index in [1.54, 1.807) is 6.07 Å². The number of hydrogen-bond acceptors (Lipinski definition) is 4. The minimum atomic E-state index is -3.86. The summed E-state index contributed by atoms with van der Waals surface area (Å²) in [4.78, 5) is -0.160. The number of nitrogens with one attached hydrogen (secondary N) is 1. The summed E-state index contributed by atoms with van der Waals surface area (Å²) < 4.78 is 44.5. The number of anilines is 2. The molecule has 5 nitrogen and oxygen atoms in total. The van der Waals surface area contributed by atoms with Crippen LogP contribution in [0.2, 0.25) is 0 Å². The van der Waals surface area contributed by atoms with E-state index < -0.39 is 15.8 Å². The normalized spacial score (nSPS) is 11.1. The zero-order valence-corrected chi connectivity index (χ0v) is 11.4. The van der Waals surface area contributed by atoms with Crippen LogP contribution >= 0.6 is 0 Å². The number of benzene rings is 2. The third-order valence-corrected chi connectivity index (χ3v) is 3.97. The smallest absolute Gasteiger partial charge is 0.261 e. The van der Waals surface area contributed by atoms with Gasteiger partial charge in [0.1, 0.15) is 11.6 Å². The van der Waals surface area contributed by atoms with E-state index in [4.69, 9.17) is 10.5 Å². The van der Waals surface area contributed by atoms with Crippen LogP contribution in [0.4, 0.5) is 15.8 Å². The molecule has 106 valence electrons. The van der Waals surface area contributed by atoms with Crippen molar-refractivity contribution in [2.75, 3.05) is 17.6 Å². The molecule has 0 radical (unpaired) electrons. The van der Waals surface area contributed by atoms with Gasteiger partial charge in [-0.25, -0.2) is 12.8 Å². The molecule has 0 aromatic heterocycles. The number of nitrogen functional groups attached to an aromatic ring is 1. The van der Waals surface area contributed by atoms with Crippen LogP contribution in [0.5, 0.6) is 5.75 Å². The summed E-state index contributed by atoms with van der Waals surface area (Å²) in [5.41, 5.74) is 6.26. The lowest BCUT2D eigenvalue weighted by Crippen LogP contribution is -2.13. The van der Waals surface area contributed by atoms with Crippen LogP contribution in [0.15, 0.2) is 47.4 Å². The van der Waals surface area contributed by atoms with Gasteiger partial charge in [0.2, 0.25) is 0 Å². The Bertz CT molecular complexity index is 732. The molecular formula is C13H13FN2O3S. The molecule has 7 heteroatoms. The average Bonchev–Trinajstić information content (AvgIpc) is 2.38. The third kappa shape index (κ3) is 3.00. The zero-order chi connectivity index (χ0) is 14.8. The SMILES string of the molecule is COc1ccc(NS(=O)(=O)c2cccc(F)c2)cc1N. The van der Waals surface area contributed by atoms with Gasteiger partial charge in [-0.05, 0) is 36.4 Å². The van der Waals surface area contributed by atoms with Crippen molar-refractivity contribution in [3.8, 4) is 5.75 Å². The number of halogens is 1. The van der Waals surface area contributed by atoms with Gasteiger partial charge in [0.05, 0.1) is 23.4 Å². The Hall–Kier alpha value is -2.28. The molecule has 20 heavy (non-hydrogen) atoms. The van der Waals surface area contributed by atoms with E-state index >= 15 is 0 Å². The van der Waals surface area contributed by atoms with E-state index in [-0.39, 0.29) is 10.6 Å². The molecule has 0 saturated heterocycles. The van der Waals surface area contributed by atoms with E-state index in [2.05, 4.69) is 4.72 Å². The fourth-order valence-corrected chi connectivity index (χ4v) is 2.73. The van der Waals surface area contributed by atoms with Gasteiger partial charge in [0.25, 0.3) is 10.0 Å². The molecule has 0 aliphatic carbocycles. The number of sulfonamides is 1. The van der Waals surface area contributed by atoms with Crippen molar-refractivity contribution in [3.05, 3.63) is 48.3 Å². The Morgan fingerprint density at radius 2 is 1.95 bits per heavy atom. The van der Waals surface area contributed by atoms with Gasteiger partial charge in [0, 0.05) is 0 Å². The molecule has 2 rings (SSSR count). The molecule has 0 aliphatic rings. The van der Waals surface area contributed by atoms with Crippen molar-refractivity contribution in [3.63, 3.8) is 0 Å². The van der Waals surface area contributed by atoms with E-state index in [1.165, 1.54) is 37.4 Å². The zero-order valence-electron chi connectivity index (χ0n) is 10.6. The predicted octanol–water partition coefficient (Wildman–Crippen LogP) is 2.22. The van der Waals surface area contributed by atoms with Gasteiger partial charge in [-0.1, -0.05) is 6.07 Å². The van der Waals surface area contributed by atoms with Gasteiger partial charge in [-0.2, -0.15) is 0 Å². The van der Waals surface area contributed by atoms with Crippen LogP contribution in [0.1, 0.15) is 0 Å². The molecule has 0 spiro atoms. The first-order chi connectivity index (χ1) is 9.42. The van der Waals surface area contributed by atoms with Gasteiger partial charge in [-0.3, -0.25) is 4.72 Å². The Kier molecular flexibility index (Phi) is 3.80. The summed E-state index contributed by atoms with van der Waals surface area (Å²) in [7, 11) is -2.40. The van der Waals surface area contributed by atoms with Crippen molar-refractivity contribution < 1.29 is 17.5 Å². The molecule has 0 bridgehead atoms. The highest BCUT2D eigenvalue weighted by atomic mass is 32.2. The highest BCUT2D eigenvalue weighted by molar-refractivity contribution is 7.92. The number of ether oxygens (including phenoxy) is 1. The molecule has 0 amide bonds. The van der Waals surface area contributed by atoms with Crippen LogP contribution in [-0.2, 0) is 10.0 Å². The summed E-state index contributed by atoms with van der Waals surface area (Å²) in [6.45, 7) is 0. The highest BCUT2D eigenvalue weighted by Crippen LogP contribution is 2.26. The van der Waals surface area contributed by atoms with Crippen molar-refractivity contribution in [2.24, 2.45) is 0 Å². The molecule has 0 aliphatic heterocycles. The Morgan fingerprint density at radius 1 is 1.20 bits per heavy atom. The minimum absolute atomic E-state index is 0.160. The van der Waals surface area contributed by atoms with Crippen LogP contribution in [0, 0.1) is 5.82 Å². The summed E-state index contributed by atoms with van der Waals surface area (Å²) in [5.74, 6) is -0.180. The largest absolute Gasteiger partial charge is 0.495 e. The number of nitrogens with two attached hydrogens (primary N) is 1. The standard InChI is InChI=1S/C13H13FN2O3S/c1-19-13-6-5-10(8-12(13)15)16-20(17,18)11-4-2-3-9(14)7-11/h2-8,16H,15H2,1H3. The third-order valence-electron chi connectivity index (χ3n) is 2.59. The second kappa shape index (κ2) is 5.38. The Labute approximate surface area is 116 Å². The van der Waals surface area contributed by atoms with Gasteiger partial charge >= 0.3 is 0 Å².